The molecular weight excluding hydrogens is 424 g/mol. The van der Waals surface area contributed by atoms with Crippen LogP contribution in [-0.2, 0) is 23.1 Å². The van der Waals surface area contributed by atoms with Crippen LogP contribution < -0.4 is 0 Å². The van der Waals surface area contributed by atoms with E-state index < -0.39 is 15.9 Å². The monoisotopic (exact) mass is 442 g/mol. The van der Waals surface area contributed by atoms with Crippen LogP contribution in [0.4, 0.5) is 0 Å². The van der Waals surface area contributed by atoms with E-state index in [-0.39, 0.29) is 34.5 Å². The third-order valence-corrected chi connectivity index (χ3v) is 7.95. The molecular formula is C21H18N2O5S2. The number of nitrogens with zero attached hydrogens (tertiary/aromatic N) is 2. The van der Waals surface area contributed by atoms with Crippen molar-refractivity contribution in [2.45, 2.75) is 36.9 Å². The average Bonchev–Trinajstić information content (AvgIpc) is 3.13. The number of benzene rings is 1. The van der Waals surface area contributed by atoms with E-state index in [9.17, 15) is 18.0 Å². The summed E-state index contributed by atoms with van der Waals surface area (Å²) in [7, 11) is -3.92. The zero-order valence-corrected chi connectivity index (χ0v) is 17.5. The fourth-order valence-corrected chi connectivity index (χ4v) is 6.17. The van der Waals surface area contributed by atoms with E-state index in [1.54, 1.807) is 23.3 Å². The predicted octanol–water partition coefficient (Wildman–Crippen LogP) is 3.49. The molecule has 0 N–H and O–H groups in total. The maximum Gasteiger partial charge on any atom is 0.269 e. The Bertz CT molecular complexity index is 1180. The minimum atomic E-state index is -3.92. The number of amides is 2. The number of hydrogen-bond acceptors (Lipinski definition) is 6. The van der Waals surface area contributed by atoms with Crippen LogP contribution in [0.1, 0.15) is 44.2 Å². The highest BCUT2D eigenvalue weighted by Crippen LogP contribution is 2.39. The van der Waals surface area contributed by atoms with Crippen molar-refractivity contribution in [2.24, 2.45) is 0 Å². The number of carbonyl (C=O) groups excluding carboxylic acids is 2. The molecule has 0 unspecified atom stereocenters. The first kappa shape index (κ1) is 19.1. The second kappa shape index (κ2) is 7.10. The Kier molecular flexibility index (Phi) is 4.52. The topological polar surface area (TPSA) is 87.9 Å². The van der Waals surface area contributed by atoms with Crippen molar-refractivity contribution >= 4 is 33.2 Å². The van der Waals surface area contributed by atoms with Crippen LogP contribution >= 0.6 is 11.3 Å². The summed E-state index contributed by atoms with van der Waals surface area (Å²) in [5.74, 6) is -0.198. The molecule has 1 aromatic carbocycles. The van der Waals surface area contributed by atoms with Crippen LogP contribution in [0.25, 0.3) is 0 Å². The van der Waals surface area contributed by atoms with E-state index in [0.717, 1.165) is 9.18 Å². The van der Waals surface area contributed by atoms with Crippen LogP contribution in [0.3, 0.4) is 0 Å². The van der Waals surface area contributed by atoms with Crippen molar-refractivity contribution in [3.8, 4) is 0 Å². The van der Waals surface area contributed by atoms with E-state index in [4.69, 9.17) is 4.42 Å². The largest absolute Gasteiger partial charge is 0.467 e. The molecule has 0 saturated heterocycles. The lowest BCUT2D eigenvalue weighted by atomic mass is 10.1. The number of thiophene rings is 1. The molecule has 2 aromatic heterocycles. The first-order valence-electron chi connectivity index (χ1n) is 9.52. The number of fused-ring (bicyclic) bond motifs is 1. The molecule has 30 heavy (non-hydrogen) atoms. The van der Waals surface area contributed by atoms with Gasteiger partial charge < -0.3 is 9.32 Å². The van der Waals surface area contributed by atoms with Gasteiger partial charge in [-0.25, -0.2) is 12.7 Å². The molecule has 154 valence electrons. The summed E-state index contributed by atoms with van der Waals surface area (Å²) in [4.78, 5) is 28.4. The Labute approximate surface area is 177 Å². The van der Waals surface area contributed by atoms with Crippen LogP contribution in [0.15, 0.2) is 63.4 Å². The van der Waals surface area contributed by atoms with Gasteiger partial charge in [-0.3, -0.25) is 9.59 Å². The molecule has 0 radical (unpaired) electrons. The van der Waals surface area contributed by atoms with Gasteiger partial charge in [0, 0.05) is 16.5 Å². The van der Waals surface area contributed by atoms with Gasteiger partial charge >= 0.3 is 0 Å². The van der Waals surface area contributed by atoms with Crippen LogP contribution in [0, 0.1) is 0 Å². The fraction of sp³-hybridized carbons (Fsp3) is 0.238. The Hall–Kier alpha value is -2.91. The van der Waals surface area contributed by atoms with Gasteiger partial charge in [-0.1, -0.05) is 6.07 Å². The number of furan rings is 1. The molecule has 0 atom stereocenters. The summed E-state index contributed by atoms with van der Waals surface area (Å²) in [6, 6.07) is 11.4. The van der Waals surface area contributed by atoms with Gasteiger partial charge in [0.2, 0.25) is 0 Å². The summed E-state index contributed by atoms with van der Waals surface area (Å²) in [6.07, 6.45) is 2.91. The van der Waals surface area contributed by atoms with Crippen LogP contribution in [0.2, 0.25) is 0 Å². The van der Waals surface area contributed by atoms with Crippen LogP contribution in [0.5, 0.6) is 0 Å². The Morgan fingerprint density at radius 3 is 2.67 bits per heavy atom. The SMILES string of the molecule is O=C(c1ccc2c(c1)S(=O)(=O)N(C1CC1)C2=O)N(Cc1ccco1)Cc1cccs1. The molecule has 1 aliphatic carbocycles. The summed E-state index contributed by atoms with van der Waals surface area (Å²) >= 11 is 1.54. The summed E-state index contributed by atoms with van der Waals surface area (Å²) in [6.45, 7) is 0.620. The zero-order chi connectivity index (χ0) is 20.9. The molecule has 0 bridgehead atoms. The molecule has 3 aromatic rings. The first-order chi connectivity index (χ1) is 14.4. The molecule has 2 aliphatic rings. The van der Waals surface area contributed by atoms with Gasteiger partial charge in [0.05, 0.1) is 24.9 Å². The molecule has 1 saturated carbocycles. The molecule has 1 aliphatic heterocycles. The number of carbonyl (C=O) groups is 2. The lowest BCUT2D eigenvalue weighted by Crippen LogP contribution is -2.32. The maximum atomic E-state index is 13.3. The third kappa shape index (κ3) is 3.23. The van der Waals surface area contributed by atoms with Crippen molar-refractivity contribution in [1.29, 1.82) is 0 Å². The van der Waals surface area contributed by atoms with Crippen molar-refractivity contribution in [1.82, 2.24) is 9.21 Å². The molecule has 0 spiro atoms. The van der Waals surface area contributed by atoms with Gasteiger partial charge in [-0.05, 0) is 54.6 Å². The number of hydrogen-bond donors (Lipinski definition) is 0. The third-order valence-electron chi connectivity index (χ3n) is 5.22. The zero-order valence-electron chi connectivity index (χ0n) is 15.9. The molecule has 3 heterocycles. The maximum absolute atomic E-state index is 13.3. The Morgan fingerprint density at radius 1 is 1.17 bits per heavy atom. The highest BCUT2D eigenvalue weighted by Gasteiger charge is 2.48. The van der Waals surface area contributed by atoms with Crippen molar-refractivity contribution in [3.05, 3.63) is 75.9 Å². The van der Waals surface area contributed by atoms with E-state index in [1.807, 2.05) is 17.5 Å². The average molecular weight is 443 g/mol. The molecule has 9 heteroatoms. The fourth-order valence-electron chi connectivity index (χ4n) is 3.61. The summed E-state index contributed by atoms with van der Waals surface area (Å²) in [5, 5.41) is 1.94. The second-order valence-corrected chi connectivity index (χ2v) is 10.2. The van der Waals surface area contributed by atoms with Gasteiger partial charge in [-0.2, -0.15) is 0 Å². The van der Waals surface area contributed by atoms with Gasteiger partial charge in [0.15, 0.2) is 0 Å². The summed E-state index contributed by atoms with van der Waals surface area (Å²) in [5.41, 5.74) is 0.361. The van der Waals surface area contributed by atoms with Crippen molar-refractivity contribution < 1.29 is 22.4 Å². The molecule has 1 fully saturated rings. The first-order valence-corrected chi connectivity index (χ1v) is 11.8. The molecule has 2 amide bonds. The minimum absolute atomic E-state index is 0.0840. The standard InChI is InChI=1S/C21H18N2O5S2/c24-20(22(12-16-3-1-9-28-16)13-17-4-2-10-29-17)14-5-8-18-19(11-14)30(26,27)23(21(18)25)15-6-7-15/h1-5,8-11,15H,6-7,12-13H2. The second-order valence-electron chi connectivity index (χ2n) is 7.37. The number of sulfonamides is 1. The van der Waals surface area contributed by atoms with Gasteiger partial charge in [-0.15, -0.1) is 11.3 Å². The highest BCUT2D eigenvalue weighted by atomic mass is 32.2. The predicted molar refractivity (Wildman–Crippen MR) is 109 cm³/mol. The van der Waals surface area contributed by atoms with E-state index in [0.29, 0.717) is 25.1 Å². The van der Waals surface area contributed by atoms with Crippen molar-refractivity contribution in [3.63, 3.8) is 0 Å². The number of rotatable bonds is 6. The lowest BCUT2D eigenvalue weighted by molar-refractivity contribution is 0.0718. The minimum Gasteiger partial charge on any atom is -0.467 e. The molecule has 5 rings (SSSR count). The Balaban J connectivity index is 1.49. The van der Waals surface area contributed by atoms with Gasteiger partial charge in [0.1, 0.15) is 10.7 Å². The lowest BCUT2D eigenvalue weighted by Gasteiger charge is -2.21. The van der Waals surface area contributed by atoms with Crippen molar-refractivity contribution in [2.75, 3.05) is 0 Å². The molecule has 7 nitrogen and oxygen atoms in total. The quantitative estimate of drug-likeness (QED) is 0.583. The normalized spacial score (nSPS) is 17.2. The van der Waals surface area contributed by atoms with Gasteiger partial charge in [0.25, 0.3) is 21.8 Å². The highest BCUT2D eigenvalue weighted by molar-refractivity contribution is 7.90. The van der Waals surface area contributed by atoms with E-state index in [1.165, 1.54) is 29.5 Å². The summed E-state index contributed by atoms with van der Waals surface area (Å²) < 4.78 is 32.2. The van der Waals surface area contributed by atoms with E-state index >= 15 is 0 Å². The smallest absolute Gasteiger partial charge is 0.269 e. The van der Waals surface area contributed by atoms with Crippen LogP contribution in [-0.4, -0.2) is 35.5 Å². The van der Waals surface area contributed by atoms with E-state index in [2.05, 4.69) is 0 Å². The Morgan fingerprint density at radius 2 is 2.00 bits per heavy atom.